The summed E-state index contributed by atoms with van der Waals surface area (Å²) in [5.74, 6) is -0.143. The van der Waals surface area contributed by atoms with Crippen LogP contribution in [0.5, 0.6) is 0 Å². The molecule has 0 spiro atoms. The zero-order valence-electron chi connectivity index (χ0n) is 20.2. The fraction of sp³-hybridized carbons (Fsp3) is 0.308. The molecule has 8 nitrogen and oxygen atoms in total. The second kappa shape index (κ2) is 9.81. The second-order valence-electron chi connectivity index (χ2n) is 9.16. The Kier molecular flexibility index (Phi) is 6.55. The largest absolute Gasteiger partial charge is 0.418 e. The van der Waals surface area contributed by atoms with E-state index in [1.165, 1.54) is 17.8 Å². The van der Waals surface area contributed by atoms with E-state index in [0.29, 0.717) is 30.3 Å². The summed E-state index contributed by atoms with van der Waals surface area (Å²) in [6.07, 6.45) is -1.08. The van der Waals surface area contributed by atoms with Crippen molar-refractivity contribution in [1.29, 1.82) is 0 Å². The zero-order valence-corrected chi connectivity index (χ0v) is 20.2. The molecular weight excluding hydrogens is 483 g/mol. The molecule has 0 bridgehead atoms. The van der Waals surface area contributed by atoms with Crippen molar-refractivity contribution in [2.45, 2.75) is 25.4 Å². The van der Waals surface area contributed by atoms with E-state index in [9.17, 15) is 18.0 Å². The first-order valence-corrected chi connectivity index (χ1v) is 11.9. The number of halogens is 3. The lowest BCUT2D eigenvalue weighted by molar-refractivity contribution is -0.136. The van der Waals surface area contributed by atoms with E-state index < -0.39 is 11.7 Å². The highest BCUT2D eigenvalue weighted by atomic mass is 19.4. The van der Waals surface area contributed by atoms with E-state index in [2.05, 4.69) is 37.4 Å². The number of nitrogens with two attached hydrogens (primary N) is 1. The monoisotopic (exact) mass is 509 g/mol. The maximum absolute atomic E-state index is 13.7. The van der Waals surface area contributed by atoms with Gasteiger partial charge in [0.15, 0.2) is 5.82 Å². The Hall–Kier alpha value is -3.99. The standard InChI is InChI=1S/C26H26F3N7O/c1-16-20(25(37)31-8-10-35-9-7-18(14-35)17-5-3-2-4-6-17)11-19(13-32-16)22-12-21(26(27,28)29)23-24(30)33-15-34-36(22)23/h2-6,11-13,15,18H,7-10,14H2,1H3,(H,31,37)(H2,30,33,34). The molecule has 1 fully saturated rings. The SMILES string of the molecule is Cc1ncc(-c2cc(C(F)(F)F)c3c(N)ncnn23)cc1C(=O)NCCN1CCC(c2ccccc2)C1. The highest BCUT2D eigenvalue weighted by Gasteiger charge is 2.36. The van der Waals surface area contributed by atoms with Crippen molar-refractivity contribution in [2.24, 2.45) is 0 Å². The summed E-state index contributed by atoms with van der Waals surface area (Å²) in [5.41, 5.74) is 6.95. The molecular formula is C26H26F3N7O. The van der Waals surface area contributed by atoms with Gasteiger partial charge < -0.3 is 16.0 Å². The van der Waals surface area contributed by atoms with Gasteiger partial charge in [-0.05, 0) is 43.5 Å². The molecule has 0 aliphatic carbocycles. The average molecular weight is 510 g/mol. The number of rotatable bonds is 6. The lowest BCUT2D eigenvalue weighted by Crippen LogP contribution is -2.34. The van der Waals surface area contributed by atoms with Gasteiger partial charge in [0.1, 0.15) is 11.8 Å². The molecule has 1 atom stereocenters. The maximum atomic E-state index is 13.7. The molecule has 1 aliphatic heterocycles. The fourth-order valence-corrected chi connectivity index (χ4v) is 4.85. The summed E-state index contributed by atoms with van der Waals surface area (Å²) in [7, 11) is 0. The van der Waals surface area contributed by atoms with Crippen LogP contribution < -0.4 is 11.1 Å². The first kappa shape index (κ1) is 24.7. The predicted molar refractivity (Wildman–Crippen MR) is 133 cm³/mol. The van der Waals surface area contributed by atoms with Crippen LogP contribution in [0, 0.1) is 6.92 Å². The Morgan fingerprint density at radius 2 is 1.97 bits per heavy atom. The predicted octanol–water partition coefficient (Wildman–Crippen LogP) is 3.92. The average Bonchev–Trinajstić information content (AvgIpc) is 3.51. The van der Waals surface area contributed by atoms with Crippen LogP contribution in [0.2, 0.25) is 0 Å². The van der Waals surface area contributed by atoms with Gasteiger partial charge in [0.2, 0.25) is 0 Å². The van der Waals surface area contributed by atoms with Gasteiger partial charge in [-0.15, -0.1) is 0 Å². The number of nitrogens with one attached hydrogen (secondary N) is 1. The summed E-state index contributed by atoms with van der Waals surface area (Å²) in [5, 5.41) is 6.89. The molecule has 3 N–H and O–H groups in total. The Balaban J connectivity index is 1.31. The number of aromatic nitrogens is 4. The second-order valence-corrected chi connectivity index (χ2v) is 9.16. The molecule has 1 aromatic carbocycles. The van der Waals surface area contributed by atoms with Crippen LogP contribution in [0.1, 0.15) is 39.5 Å². The molecule has 11 heteroatoms. The molecule has 5 rings (SSSR count). The molecule has 1 saturated heterocycles. The third kappa shape index (κ3) is 4.99. The van der Waals surface area contributed by atoms with Crippen LogP contribution in [0.15, 0.2) is 55.0 Å². The number of carbonyl (C=O) groups is 1. The third-order valence-electron chi connectivity index (χ3n) is 6.77. The van der Waals surface area contributed by atoms with Gasteiger partial charge in [-0.25, -0.2) is 9.50 Å². The van der Waals surface area contributed by atoms with Crippen molar-refractivity contribution < 1.29 is 18.0 Å². The molecule has 1 unspecified atom stereocenters. The number of aryl methyl sites for hydroxylation is 1. The Morgan fingerprint density at radius 1 is 1.19 bits per heavy atom. The van der Waals surface area contributed by atoms with E-state index in [-0.39, 0.29) is 28.5 Å². The number of likely N-dealkylation sites (tertiary alicyclic amines) is 1. The van der Waals surface area contributed by atoms with Crippen molar-refractivity contribution in [3.8, 4) is 11.3 Å². The van der Waals surface area contributed by atoms with Crippen molar-refractivity contribution in [3.05, 3.63) is 77.4 Å². The summed E-state index contributed by atoms with van der Waals surface area (Å²) < 4.78 is 42.1. The highest BCUT2D eigenvalue weighted by Crippen LogP contribution is 2.38. The van der Waals surface area contributed by atoms with Gasteiger partial charge in [0.05, 0.1) is 22.5 Å². The Labute approximate surface area is 211 Å². The minimum Gasteiger partial charge on any atom is -0.382 e. The molecule has 1 amide bonds. The Morgan fingerprint density at radius 3 is 2.73 bits per heavy atom. The van der Waals surface area contributed by atoms with Crippen LogP contribution in [0.4, 0.5) is 19.0 Å². The smallest absolute Gasteiger partial charge is 0.382 e. The molecule has 0 saturated carbocycles. The highest BCUT2D eigenvalue weighted by molar-refractivity contribution is 5.96. The van der Waals surface area contributed by atoms with Crippen molar-refractivity contribution in [2.75, 3.05) is 31.9 Å². The minimum atomic E-state index is -4.66. The van der Waals surface area contributed by atoms with Crippen LogP contribution in [0.25, 0.3) is 16.8 Å². The number of hydrogen-bond donors (Lipinski definition) is 2. The van der Waals surface area contributed by atoms with Crippen LogP contribution in [-0.2, 0) is 6.18 Å². The quantitative estimate of drug-likeness (QED) is 0.409. The van der Waals surface area contributed by atoms with Gasteiger partial charge in [-0.3, -0.25) is 9.78 Å². The van der Waals surface area contributed by atoms with E-state index in [1.807, 2.05) is 18.2 Å². The van der Waals surface area contributed by atoms with Gasteiger partial charge in [-0.2, -0.15) is 18.3 Å². The zero-order chi connectivity index (χ0) is 26.2. The summed E-state index contributed by atoms with van der Waals surface area (Å²) >= 11 is 0. The normalized spacial score (nSPS) is 16.4. The first-order chi connectivity index (χ1) is 17.7. The number of carbonyl (C=O) groups excluding carboxylic acids is 1. The van der Waals surface area contributed by atoms with E-state index in [0.717, 1.165) is 36.4 Å². The van der Waals surface area contributed by atoms with Gasteiger partial charge in [-0.1, -0.05) is 30.3 Å². The topological polar surface area (TPSA) is 101 Å². The summed E-state index contributed by atoms with van der Waals surface area (Å²) in [4.78, 5) is 23.3. The number of hydrogen-bond acceptors (Lipinski definition) is 6. The third-order valence-corrected chi connectivity index (χ3v) is 6.77. The molecule has 37 heavy (non-hydrogen) atoms. The van der Waals surface area contributed by atoms with Crippen molar-refractivity contribution in [1.82, 2.24) is 29.8 Å². The molecule has 4 heterocycles. The lowest BCUT2D eigenvalue weighted by Gasteiger charge is -2.17. The molecule has 1 aliphatic rings. The van der Waals surface area contributed by atoms with Crippen LogP contribution in [-0.4, -0.2) is 56.6 Å². The van der Waals surface area contributed by atoms with Crippen molar-refractivity contribution >= 4 is 17.2 Å². The molecule has 3 aromatic heterocycles. The number of nitrogen functional groups attached to an aromatic ring is 1. The summed E-state index contributed by atoms with van der Waals surface area (Å²) in [6.45, 7) is 4.72. The Bertz CT molecular complexity index is 1440. The summed E-state index contributed by atoms with van der Waals surface area (Å²) in [6, 6.07) is 12.9. The van der Waals surface area contributed by atoms with Crippen molar-refractivity contribution in [3.63, 3.8) is 0 Å². The fourth-order valence-electron chi connectivity index (χ4n) is 4.85. The minimum absolute atomic E-state index is 0.113. The molecule has 192 valence electrons. The number of amides is 1. The van der Waals surface area contributed by atoms with Gasteiger partial charge in [0, 0.05) is 31.4 Å². The van der Waals surface area contributed by atoms with E-state index in [4.69, 9.17) is 5.73 Å². The molecule has 4 aromatic rings. The van der Waals surface area contributed by atoms with Gasteiger partial charge >= 0.3 is 6.18 Å². The van der Waals surface area contributed by atoms with E-state index in [1.54, 1.807) is 6.92 Å². The number of alkyl halides is 3. The van der Waals surface area contributed by atoms with Gasteiger partial charge in [0.25, 0.3) is 5.91 Å². The number of benzene rings is 1. The maximum Gasteiger partial charge on any atom is 0.418 e. The number of pyridine rings is 1. The first-order valence-electron chi connectivity index (χ1n) is 11.9. The van der Waals surface area contributed by atoms with Crippen LogP contribution in [0.3, 0.4) is 0 Å². The number of nitrogens with zero attached hydrogens (tertiary/aromatic N) is 5. The lowest BCUT2D eigenvalue weighted by atomic mass is 9.99. The van der Waals surface area contributed by atoms with E-state index >= 15 is 0 Å². The molecule has 0 radical (unpaired) electrons. The number of anilines is 1. The number of fused-ring (bicyclic) bond motifs is 1. The van der Waals surface area contributed by atoms with Crippen LogP contribution >= 0.6 is 0 Å².